The SMILES string of the molecule is CCCCCCc1ccc(OC(=O)/C=C/c2ccc(OCCCCCOC(=O)c3cc(N)cc(N)c3)cc2)cc1. The first-order valence-corrected chi connectivity index (χ1v) is 14.0. The fourth-order valence-electron chi connectivity index (χ4n) is 4.08. The molecule has 3 aromatic carbocycles. The van der Waals surface area contributed by atoms with Crippen molar-refractivity contribution in [3.63, 3.8) is 0 Å². The smallest absolute Gasteiger partial charge is 0.338 e. The molecule has 4 N–H and O–H groups in total. The summed E-state index contributed by atoms with van der Waals surface area (Å²) in [6.07, 6.45) is 11.5. The molecule has 0 amide bonds. The van der Waals surface area contributed by atoms with E-state index in [0.29, 0.717) is 35.9 Å². The number of benzene rings is 3. The van der Waals surface area contributed by atoms with Crippen LogP contribution in [0.4, 0.5) is 11.4 Å². The molecule has 0 atom stereocenters. The second kappa shape index (κ2) is 16.6. The van der Waals surface area contributed by atoms with Crippen LogP contribution >= 0.6 is 0 Å². The first-order chi connectivity index (χ1) is 19.4. The van der Waals surface area contributed by atoms with Crippen molar-refractivity contribution < 1.29 is 23.8 Å². The van der Waals surface area contributed by atoms with Gasteiger partial charge in [0.2, 0.25) is 0 Å². The van der Waals surface area contributed by atoms with E-state index in [1.54, 1.807) is 24.3 Å². The number of anilines is 2. The van der Waals surface area contributed by atoms with Gasteiger partial charge < -0.3 is 25.7 Å². The Labute approximate surface area is 237 Å². The van der Waals surface area contributed by atoms with Gasteiger partial charge in [-0.1, -0.05) is 50.5 Å². The lowest BCUT2D eigenvalue weighted by Crippen LogP contribution is -2.08. The molecule has 3 aromatic rings. The number of ether oxygens (including phenoxy) is 3. The highest BCUT2D eigenvalue weighted by molar-refractivity contribution is 5.91. The first kappa shape index (κ1) is 30.3. The summed E-state index contributed by atoms with van der Waals surface area (Å²) in [7, 11) is 0. The van der Waals surface area contributed by atoms with Gasteiger partial charge in [-0.05, 0) is 91.8 Å². The molecule has 212 valence electrons. The highest BCUT2D eigenvalue weighted by Gasteiger charge is 2.08. The minimum atomic E-state index is -0.431. The van der Waals surface area contributed by atoms with E-state index in [2.05, 4.69) is 6.92 Å². The normalized spacial score (nSPS) is 10.9. The zero-order valence-corrected chi connectivity index (χ0v) is 23.3. The van der Waals surface area contributed by atoms with E-state index >= 15 is 0 Å². The summed E-state index contributed by atoms with van der Waals surface area (Å²) in [4.78, 5) is 24.3. The van der Waals surface area contributed by atoms with E-state index in [1.807, 2.05) is 48.5 Å². The molecule has 0 saturated heterocycles. The lowest BCUT2D eigenvalue weighted by molar-refractivity contribution is -0.128. The van der Waals surface area contributed by atoms with Crippen molar-refractivity contribution in [2.45, 2.75) is 58.3 Å². The molecule has 0 bridgehead atoms. The van der Waals surface area contributed by atoms with Crippen molar-refractivity contribution in [2.75, 3.05) is 24.7 Å². The molecule has 0 aliphatic carbocycles. The number of esters is 2. The topological polar surface area (TPSA) is 114 Å². The number of hydrogen-bond acceptors (Lipinski definition) is 7. The number of hydrogen-bond donors (Lipinski definition) is 2. The average molecular weight is 545 g/mol. The summed E-state index contributed by atoms with van der Waals surface area (Å²) < 4.78 is 16.5. The predicted octanol–water partition coefficient (Wildman–Crippen LogP) is 7.00. The van der Waals surface area contributed by atoms with Crippen molar-refractivity contribution in [3.05, 3.63) is 89.5 Å². The minimum absolute atomic E-state index is 0.321. The van der Waals surface area contributed by atoms with Gasteiger partial charge in [0, 0.05) is 17.5 Å². The Kier molecular flexibility index (Phi) is 12.6. The fourth-order valence-corrected chi connectivity index (χ4v) is 4.08. The lowest BCUT2D eigenvalue weighted by Gasteiger charge is -2.08. The summed E-state index contributed by atoms with van der Waals surface area (Å²) in [5, 5.41) is 0. The number of nitrogen functional groups attached to an aromatic ring is 2. The molecular weight excluding hydrogens is 504 g/mol. The molecule has 0 aliphatic rings. The zero-order valence-electron chi connectivity index (χ0n) is 23.3. The molecule has 0 radical (unpaired) electrons. The van der Waals surface area contributed by atoms with Crippen molar-refractivity contribution in [1.82, 2.24) is 0 Å². The van der Waals surface area contributed by atoms with Crippen LogP contribution in [-0.2, 0) is 16.0 Å². The van der Waals surface area contributed by atoms with Crippen LogP contribution in [-0.4, -0.2) is 25.2 Å². The summed E-state index contributed by atoms with van der Waals surface area (Å²) >= 11 is 0. The van der Waals surface area contributed by atoms with Crippen LogP contribution in [0.5, 0.6) is 11.5 Å². The van der Waals surface area contributed by atoms with Crippen LogP contribution in [0.1, 0.15) is 73.4 Å². The monoisotopic (exact) mass is 544 g/mol. The summed E-state index contributed by atoms with van der Waals surface area (Å²) in [5.41, 5.74) is 14.8. The van der Waals surface area contributed by atoms with Crippen molar-refractivity contribution >= 4 is 29.4 Å². The fraction of sp³-hybridized carbons (Fsp3) is 0.333. The van der Waals surface area contributed by atoms with Gasteiger partial charge in [-0.3, -0.25) is 0 Å². The second-order valence-electron chi connectivity index (χ2n) is 9.71. The van der Waals surface area contributed by atoms with Crippen molar-refractivity contribution in [2.24, 2.45) is 0 Å². The van der Waals surface area contributed by atoms with Crippen LogP contribution < -0.4 is 20.9 Å². The molecular formula is C33H40N2O5. The van der Waals surface area contributed by atoms with Gasteiger partial charge in [0.15, 0.2) is 0 Å². The van der Waals surface area contributed by atoms with Crippen molar-refractivity contribution in [3.8, 4) is 11.5 Å². The second-order valence-corrected chi connectivity index (χ2v) is 9.71. The zero-order chi connectivity index (χ0) is 28.6. The third kappa shape index (κ3) is 11.2. The van der Waals surface area contributed by atoms with Gasteiger partial charge in [0.05, 0.1) is 18.8 Å². The van der Waals surface area contributed by atoms with Crippen LogP contribution in [0.3, 0.4) is 0 Å². The largest absolute Gasteiger partial charge is 0.494 e. The van der Waals surface area contributed by atoms with E-state index < -0.39 is 11.9 Å². The number of carbonyl (C=O) groups excluding carboxylic acids is 2. The standard InChI is InChI=1S/C33H40N2O5/c1-2-3-4-6-9-25-12-17-31(18-13-25)40-32(36)19-14-26-10-15-30(16-11-26)38-20-7-5-8-21-39-33(37)27-22-28(34)24-29(35)23-27/h10-19,22-24H,2-9,20-21,34-35H2,1H3/b19-14+. The number of nitrogens with two attached hydrogens (primary N) is 2. The van der Waals surface area contributed by atoms with Crippen LogP contribution in [0.2, 0.25) is 0 Å². The van der Waals surface area contributed by atoms with Gasteiger partial charge in [0.25, 0.3) is 0 Å². The van der Waals surface area contributed by atoms with Crippen molar-refractivity contribution in [1.29, 1.82) is 0 Å². The summed E-state index contributed by atoms with van der Waals surface area (Å²) in [5.74, 6) is 0.444. The van der Waals surface area contributed by atoms with Gasteiger partial charge in [-0.2, -0.15) is 0 Å². The Bertz CT molecular complexity index is 1220. The summed E-state index contributed by atoms with van der Waals surface area (Å²) in [6, 6.07) is 19.9. The van der Waals surface area contributed by atoms with Crippen LogP contribution in [0.15, 0.2) is 72.8 Å². The third-order valence-corrected chi connectivity index (χ3v) is 6.26. The third-order valence-electron chi connectivity index (χ3n) is 6.26. The van der Waals surface area contributed by atoms with Gasteiger partial charge in [0.1, 0.15) is 11.5 Å². The molecule has 0 unspecified atom stereocenters. The predicted molar refractivity (Wildman–Crippen MR) is 160 cm³/mol. The Morgan fingerprint density at radius 3 is 2.10 bits per heavy atom. The van der Waals surface area contributed by atoms with Gasteiger partial charge in [-0.25, -0.2) is 9.59 Å². The van der Waals surface area contributed by atoms with E-state index in [0.717, 1.165) is 37.0 Å². The number of carbonyl (C=O) groups is 2. The summed E-state index contributed by atoms with van der Waals surface area (Å²) in [6.45, 7) is 3.08. The lowest BCUT2D eigenvalue weighted by atomic mass is 10.1. The van der Waals surface area contributed by atoms with Gasteiger partial charge >= 0.3 is 11.9 Å². The van der Waals surface area contributed by atoms with E-state index in [-0.39, 0.29) is 0 Å². The van der Waals surface area contributed by atoms with E-state index in [9.17, 15) is 9.59 Å². The molecule has 0 aromatic heterocycles. The Balaban J connectivity index is 1.29. The van der Waals surface area contributed by atoms with Gasteiger partial charge in [-0.15, -0.1) is 0 Å². The number of aryl methyl sites for hydroxylation is 1. The average Bonchev–Trinajstić information content (AvgIpc) is 2.94. The van der Waals surface area contributed by atoms with Crippen LogP contribution in [0.25, 0.3) is 6.08 Å². The molecule has 0 spiro atoms. The molecule has 0 saturated carbocycles. The molecule has 40 heavy (non-hydrogen) atoms. The molecule has 0 fully saturated rings. The minimum Gasteiger partial charge on any atom is -0.494 e. The number of rotatable bonds is 16. The maximum Gasteiger partial charge on any atom is 0.338 e. The quantitative estimate of drug-likeness (QED) is 0.0656. The first-order valence-electron chi connectivity index (χ1n) is 14.0. The molecule has 0 aliphatic heterocycles. The Morgan fingerprint density at radius 1 is 0.750 bits per heavy atom. The number of unbranched alkanes of at least 4 members (excludes halogenated alkanes) is 5. The highest BCUT2D eigenvalue weighted by atomic mass is 16.5. The highest BCUT2D eigenvalue weighted by Crippen LogP contribution is 2.17. The molecule has 3 rings (SSSR count). The molecule has 0 heterocycles. The maximum absolute atomic E-state index is 12.2. The van der Waals surface area contributed by atoms with Crippen LogP contribution in [0, 0.1) is 0 Å². The Hall–Kier alpha value is -4.26. The molecule has 7 nitrogen and oxygen atoms in total. The van der Waals surface area contributed by atoms with E-state index in [1.165, 1.54) is 37.3 Å². The van der Waals surface area contributed by atoms with E-state index in [4.69, 9.17) is 25.7 Å². The Morgan fingerprint density at radius 2 is 1.40 bits per heavy atom. The maximum atomic E-state index is 12.2. The molecule has 7 heteroatoms.